The average Bonchev–Trinajstić information content (AvgIpc) is 3.29. The molecule has 1 aromatic heterocycles. The fourth-order valence-corrected chi connectivity index (χ4v) is 3.75. The highest BCUT2D eigenvalue weighted by molar-refractivity contribution is 5.80. The number of nitrogens with one attached hydrogen (secondary N) is 3. The number of hydrogen-bond donors (Lipinski definition) is 3. The molecule has 30 heavy (non-hydrogen) atoms. The molecule has 1 aromatic rings. The summed E-state index contributed by atoms with van der Waals surface area (Å²) >= 11 is 0. The van der Waals surface area contributed by atoms with Crippen molar-refractivity contribution in [3.8, 4) is 0 Å². The molecule has 0 aromatic carbocycles. The number of guanidine groups is 1. The topological polar surface area (TPSA) is 94.4 Å². The van der Waals surface area contributed by atoms with E-state index in [1.54, 1.807) is 13.3 Å². The van der Waals surface area contributed by atoms with Gasteiger partial charge in [-0.25, -0.2) is 0 Å². The van der Waals surface area contributed by atoms with Crippen molar-refractivity contribution in [2.75, 3.05) is 72.6 Å². The van der Waals surface area contributed by atoms with Crippen LogP contribution in [0.2, 0.25) is 0 Å². The summed E-state index contributed by atoms with van der Waals surface area (Å²) in [7, 11) is 1.69. The third-order valence-corrected chi connectivity index (χ3v) is 5.61. The van der Waals surface area contributed by atoms with E-state index in [1.807, 2.05) is 12.1 Å². The van der Waals surface area contributed by atoms with Gasteiger partial charge in [-0.1, -0.05) is 0 Å². The number of likely N-dealkylation sites (N-methyl/N-ethyl adjacent to an activating group) is 1. The van der Waals surface area contributed by atoms with Crippen molar-refractivity contribution in [1.29, 1.82) is 0 Å². The molecule has 9 nitrogen and oxygen atoms in total. The van der Waals surface area contributed by atoms with Crippen LogP contribution in [0, 0.1) is 0 Å². The zero-order valence-corrected chi connectivity index (χ0v) is 18.1. The summed E-state index contributed by atoms with van der Waals surface area (Å²) in [5.74, 6) is 1.91. The van der Waals surface area contributed by atoms with Crippen molar-refractivity contribution in [3.63, 3.8) is 0 Å². The first kappa shape index (κ1) is 22.6. The van der Waals surface area contributed by atoms with Crippen LogP contribution in [0.25, 0.3) is 0 Å². The molecule has 0 unspecified atom stereocenters. The van der Waals surface area contributed by atoms with Gasteiger partial charge in [-0.15, -0.1) is 0 Å². The van der Waals surface area contributed by atoms with Gasteiger partial charge in [-0.3, -0.25) is 19.6 Å². The zero-order chi connectivity index (χ0) is 21.0. The summed E-state index contributed by atoms with van der Waals surface area (Å²) in [5, 5.41) is 9.75. The second-order valence-electron chi connectivity index (χ2n) is 7.81. The van der Waals surface area contributed by atoms with Gasteiger partial charge in [-0.2, -0.15) is 0 Å². The summed E-state index contributed by atoms with van der Waals surface area (Å²) in [4.78, 5) is 21.0. The number of ether oxygens (including phenoxy) is 1. The number of aliphatic imine (C=N–C) groups is 1. The molecule has 9 heteroatoms. The standard InChI is InChI=1S/C21H36N6O3/c1-22-20(28)17-27-9-5-18(6-10-27)25-21(23-7-4-19-3-2-14-30-19)24-8-11-26-12-15-29-16-13-26/h2-3,14,18H,4-13,15-17H2,1H3,(H,22,28)(H2,23,24,25). The second kappa shape index (κ2) is 12.6. The summed E-state index contributed by atoms with van der Waals surface area (Å²) in [5.41, 5.74) is 0. The third kappa shape index (κ3) is 7.97. The lowest BCUT2D eigenvalue weighted by Gasteiger charge is -2.32. The number of furan rings is 1. The van der Waals surface area contributed by atoms with Gasteiger partial charge >= 0.3 is 0 Å². The number of likely N-dealkylation sites (tertiary alicyclic amines) is 1. The molecule has 0 bridgehead atoms. The van der Waals surface area contributed by atoms with Crippen LogP contribution in [0.3, 0.4) is 0 Å². The number of morpholine rings is 1. The maximum atomic E-state index is 11.6. The first-order valence-corrected chi connectivity index (χ1v) is 11.0. The summed E-state index contributed by atoms with van der Waals surface area (Å²) < 4.78 is 10.8. The second-order valence-corrected chi connectivity index (χ2v) is 7.81. The highest BCUT2D eigenvalue weighted by Crippen LogP contribution is 2.10. The van der Waals surface area contributed by atoms with Crippen LogP contribution >= 0.6 is 0 Å². The van der Waals surface area contributed by atoms with E-state index in [-0.39, 0.29) is 5.91 Å². The summed E-state index contributed by atoms with van der Waals surface area (Å²) in [6, 6.07) is 4.27. The molecule has 168 valence electrons. The van der Waals surface area contributed by atoms with Gasteiger partial charge < -0.3 is 25.1 Å². The van der Waals surface area contributed by atoms with Gasteiger partial charge in [-0.05, 0) is 25.0 Å². The number of hydrogen-bond acceptors (Lipinski definition) is 6. The number of carbonyl (C=O) groups is 1. The average molecular weight is 421 g/mol. The van der Waals surface area contributed by atoms with E-state index in [2.05, 4.69) is 25.8 Å². The quantitative estimate of drug-likeness (QED) is 0.379. The van der Waals surface area contributed by atoms with Crippen LogP contribution in [-0.4, -0.2) is 100 Å². The van der Waals surface area contributed by atoms with Crippen molar-refractivity contribution in [1.82, 2.24) is 25.8 Å². The van der Waals surface area contributed by atoms with Gasteiger partial charge in [0, 0.05) is 58.8 Å². The normalized spacial score (nSPS) is 19.6. The highest BCUT2D eigenvalue weighted by atomic mass is 16.5. The third-order valence-electron chi connectivity index (χ3n) is 5.61. The van der Waals surface area contributed by atoms with Gasteiger partial charge in [0.15, 0.2) is 5.96 Å². The largest absolute Gasteiger partial charge is 0.469 e. The summed E-state index contributed by atoms with van der Waals surface area (Å²) in [6.45, 7) is 8.36. The van der Waals surface area contributed by atoms with E-state index in [9.17, 15) is 4.79 Å². The van der Waals surface area contributed by atoms with E-state index in [0.29, 0.717) is 12.6 Å². The van der Waals surface area contributed by atoms with Crippen molar-refractivity contribution in [3.05, 3.63) is 24.2 Å². The van der Waals surface area contributed by atoms with Gasteiger partial charge in [0.1, 0.15) is 5.76 Å². The number of piperidine rings is 1. The Bertz CT molecular complexity index is 637. The number of rotatable bonds is 9. The fourth-order valence-electron chi connectivity index (χ4n) is 3.75. The fraction of sp³-hybridized carbons (Fsp3) is 0.714. The van der Waals surface area contributed by atoms with Crippen LogP contribution in [0.15, 0.2) is 27.8 Å². The smallest absolute Gasteiger partial charge is 0.233 e. The van der Waals surface area contributed by atoms with Crippen LogP contribution in [0.4, 0.5) is 0 Å². The molecule has 2 aliphatic rings. The Morgan fingerprint density at radius 2 is 2.00 bits per heavy atom. The lowest BCUT2D eigenvalue weighted by molar-refractivity contribution is -0.122. The first-order valence-electron chi connectivity index (χ1n) is 11.0. The Kier molecular flexibility index (Phi) is 9.46. The van der Waals surface area contributed by atoms with E-state index in [1.165, 1.54) is 0 Å². The van der Waals surface area contributed by atoms with Crippen molar-refractivity contribution < 1.29 is 13.9 Å². The Morgan fingerprint density at radius 3 is 2.70 bits per heavy atom. The highest BCUT2D eigenvalue weighted by Gasteiger charge is 2.21. The minimum absolute atomic E-state index is 0.0753. The van der Waals surface area contributed by atoms with E-state index < -0.39 is 0 Å². The monoisotopic (exact) mass is 420 g/mol. The summed E-state index contributed by atoms with van der Waals surface area (Å²) in [6.07, 6.45) is 4.53. The minimum atomic E-state index is 0.0753. The number of amides is 1. The Labute approximate surface area is 179 Å². The van der Waals surface area contributed by atoms with Crippen LogP contribution in [0.5, 0.6) is 0 Å². The lowest BCUT2D eigenvalue weighted by Crippen LogP contribution is -2.50. The van der Waals surface area contributed by atoms with Crippen molar-refractivity contribution in [2.45, 2.75) is 25.3 Å². The van der Waals surface area contributed by atoms with E-state index in [4.69, 9.17) is 14.1 Å². The predicted molar refractivity (Wildman–Crippen MR) is 117 cm³/mol. The number of carbonyl (C=O) groups excluding carboxylic acids is 1. The van der Waals surface area contributed by atoms with Crippen LogP contribution in [0.1, 0.15) is 18.6 Å². The molecule has 0 saturated carbocycles. The minimum Gasteiger partial charge on any atom is -0.469 e. The molecule has 0 atom stereocenters. The van der Waals surface area contributed by atoms with Crippen molar-refractivity contribution in [2.24, 2.45) is 4.99 Å². The number of nitrogens with zero attached hydrogens (tertiary/aromatic N) is 3. The molecule has 2 aliphatic heterocycles. The molecule has 0 spiro atoms. The molecular weight excluding hydrogens is 384 g/mol. The van der Waals surface area contributed by atoms with Gasteiger partial charge in [0.05, 0.1) is 32.6 Å². The van der Waals surface area contributed by atoms with Gasteiger partial charge in [0.2, 0.25) is 5.91 Å². The molecule has 3 heterocycles. The molecule has 3 N–H and O–H groups in total. The van der Waals surface area contributed by atoms with E-state index >= 15 is 0 Å². The Morgan fingerprint density at radius 1 is 1.20 bits per heavy atom. The zero-order valence-electron chi connectivity index (χ0n) is 18.1. The molecule has 0 aliphatic carbocycles. The Hall–Kier alpha value is -2.10. The van der Waals surface area contributed by atoms with Gasteiger partial charge in [0.25, 0.3) is 0 Å². The first-order chi connectivity index (χ1) is 14.7. The molecule has 1 amide bonds. The molecule has 3 rings (SSSR count). The van der Waals surface area contributed by atoms with Crippen LogP contribution < -0.4 is 16.0 Å². The maximum Gasteiger partial charge on any atom is 0.233 e. The SMILES string of the molecule is CNC(=O)CN1CCC(NC(=NCCN2CCOCC2)NCCc2ccco2)CC1. The molecular formula is C21H36N6O3. The maximum absolute atomic E-state index is 11.6. The molecule has 2 fully saturated rings. The molecule has 2 saturated heterocycles. The lowest BCUT2D eigenvalue weighted by atomic mass is 10.1. The van der Waals surface area contributed by atoms with Crippen LogP contribution in [-0.2, 0) is 16.0 Å². The Balaban J connectivity index is 1.45. The van der Waals surface area contributed by atoms with E-state index in [0.717, 1.165) is 90.0 Å². The predicted octanol–water partition coefficient (Wildman–Crippen LogP) is -0.100. The van der Waals surface area contributed by atoms with Crippen molar-refractivity contribution >= 4 is 11.9 Å². The molecule has 0 radical (unpaired) electrons.